The van der Waals surface area contributed by atoms with Crippen molar-refractivity contribution in [1.29, 1.82) is 0 Å². The van der Waals surface area contributed by atoms with E-state index in [9.17, 15) is 0 Å². The van der Waals surface area contributed by atoms with Crippen LogP contribution in [0, 0.1) is 29.6 Å². The largest absolute Gasteiger partial charge is 0.327 e. The normalized spacial score (nSPS) is 42.5. The Morgan fingerprint density at radius 3 is 1.71 bits per heavy atom. The van der Waals surface area contributed by atoms with Gasteiger partial charge in [-0.1, -0.05) is 13.3 Å². The van der Waals surface area contributed by atoms with Gasteiger partial charge in [-0.2, -0.15) is 0 Å². The van der Waals surface area contributed by atoms with Gasteiger partial charge in [-0.05, 0) is 76.5 Å². The van der Waals surface area contributed by atoms with Crippen molar-refractivity contribution in [2.45, 2.75) is 78.4 Å². The van der Waals surface area contributed by atoms with Crippen LogP contribution in [0.5, 0.6) is 0 Å². The number of hydrogen-bond acceptors (Lipinski definition) is 3. The second-order valence-electron chi connectivity index (χ2n) is 9.74. The summed E-state index contributed by atoms with van der Waals surface area (Å²) in [6.07, 6.45) is 5.62. The van der Waals surface area contributed by atoms with Crippen LogP contribution in [0.2, 0.25) is 0 Å². The molecule has 24 heavy (non-hydrogen) atoms. The number of fused-ring (bicyclic) bond motifs is 2. The highest BCUT2D eigenvalue weighted by Crippen LogP contribution is 2.42. The third kappa shape index (κ3) is 3.83. The van der Waals surface area contributed by atoms with Gasteiger partial charge in [0.1, 0.15) is 0 Å². The Labute approximate surface area is 150 Å². The van der Waals surface area contributed by atoms with Gasteiger partial charge in [0.15, 0.2) is 0 Å². The molecule has 4 aliphatic rings. The first-order valence-electron chi connectivity index (χ1n) is 10.6. The number of nitrogens with two attached hydrogens (primary N) is 1. The van der Waals surface area contributed by atoms with E-state index in [0.29, 0.717) is 12.1 Å². The number of hydrogen-bond donors (Lipinski definition) is 1. The minimum absolute atomic E-state index is 0.499. The topological polar surface area (TPSA) is 32.5 Å². The highest BCUT2D eigenvalue weighted by Gasteiger charge is 2.42. The van der Waals surface area contributed by atoms with Gasteiger partial charge in [0, 0.05) is 44.3 Å². The standard InChI is InChI=1S/C11H21N.C10H20N2/c1-8(2)12-6-10-5-4-9(3)11(10)7-12;1-7(2)12-5-8-3-4-10(11)9(8)6-12/h8-11H,4-7H2,1-3H3;7-10H,3-6,11H2,1-2H3/t9-,10?,11?;8?,9?,10-/m10/s1. The molecule has 0 spiro atoms. The molecule has 4 rings (SSSR count). The van der Waals surface area contributed by atoms with Crippen LogP contribution in [-0.4, -0.2) is 54.1 Å². The molecule has 2 saturated heterocycles. The molecule has 0 amide bonds. The summed E-state index contributed by atoms with van der Waals surface area (Å²) in [5.74, 6) is 4.81. The van der Waals surface area contributed by atoms with Crippen molar-refractivity contribution in [3.05, 3.63) is 0 Å². The lowest BCUT2D eigenvalue weighted by molar-refractivity contribution is 0.245. The lowest BCUT2D eigenvalue weighted by atomic mass is 9.94. The second kappa shape index (κ2) is 7.63. The third-order valence-electron chi connectivity index (χ3n) is 7.64. The third-order valence-corrected chi connectivity index (χ3v) is 7.64. The van der Waals surface area contributed by atoms with Crippen LogP contribution in [0.4, 0.5) is 0 Å². The van der Waals surface area contributed by atoms with Crippen molar-refractivity contribution in [2.75, 3.05) is 26.2 Å². The summed E-state index contributed by atoms with van der Waals surface area (Å²) in [5, 5.41) is 0. The Bertz CT molecular complexity index is 370. The average Bonchev–Trinajstić information content (AvgIpc) is 3.24. The van der Waals surface area contributed by atoms with E-state index in [1.165, 1.54) is 51.9 Å². The van der Waals surface area contributed by atoms with E-state index in [1.807, 2.05) is 0 Å². The highest BCUT2D eigenvalue weighted by atomic mass is 15.2. The first-order chi connectivity index (χ1) is 11.4. The summed E-state index contributed by atoms with van der Waals surface area (Å²) in [5.41, 5.74) is 6.06. The molecule has 3 nitrogen and oxygen atoms in total. The molecule has 0 aromatic heterocycles. The van der Waals surface area contributed by atoms with Crippen molar-refractivity contribution in [2.24, 2.45) is 35.3 Å². The molecule has 0 radical (unpaired) electrons. The van der Waals surface area contributed by atoms with Gasteiger partial charge < -0.3 is 15.5 Å². The van der Waals surface area contributed by atoms with E-state index < -0.39 is 0 Å². The van der Waals surface area contributed by atoms with E-state index in [2.05, 4.69) is 44.4 Å². The Morgan fingerprint density at radius 1 is 0.708 bits per heavy atom. The minimum Gasteiger partial charge on any atom is -0.327 e. The van der Waals surface area contributed by atoms with Crippen molar-refractivity contribution in [1.82, 2.24) is 9.80 Å². The number of nitrogens with zero attached hydrogens (tertiary/aromatic N) is 2. The smallest absolute Gasteiger partial charge is 0.00826 e. The molecular formula is C21H41N3. The monoisotopic (exact) mass is 335 g/mol. The molecule has 4 fully saturated rings. The van der Waals surface area contributed by atoms with Crippen LogP contribution < -0.4 is 5.73 Å². The predicted molar refractivity (Wildman–Crippen MR) is 103 cm³/mol. The number of rotatable bonds is 2. The molecule has 140 valence electrons. The summed E-state index contributed by atoms with van der Waals surface area (Å²) < 4.78 is 0. The minimum atomic E-state index is 0.499. The molecule has 2 aliphatic heterocycles. The Morgan fingerprint density at radius 2 is 1.21 bits per heavy atom. The van der Waals surface area contributed by atoms with Gasteiger partial charge in [0.05, 0.1) is 0 Å². The van der Waals surface area contributed by atoms with E-state index in [4.69, 9.17) is 5.73 Å². The van der Waals surface area contributed by atoms with Crippen LogP contribution in [-0.2, 0) is 0 Å². The highest BCUT2D eigenvalue weighted by molar-refractivity contribution is 4.96. The summed E-state index contributed by atoms with van der Waals surface area (Å²) >= 11 is 0. The summed E-state index contributed by atoms with van der Waals surface area (Å²) in [6, 6.07) is 1.98. The van der Waals surface area contributed by atoms with Crippen molar-refractivity contribution >= 4 is 0 Å². The molecule has 0 aromatic carbocycles. The molecular weight excluding hydrogens is 294 g/mol. The first kappa shape index (κ1) is 18.7. The van der Waals surface area contributed by atoms with Gasteiger partial charge in [-0.15, -0.1) is 0 Å². The van der Waals surface area contributed by atoms with Gasteiger partial charge in [0.2, 0.25) is 0 Å². The second-order valence-corrected chi connectivity index (χ2v) is 9.74. The molecule has 6 atom stereocenters. The Balaban J connectivity index is 0.000000141. The van der Waals surface area contributed by atoms with E-state index >= 15 is 0 Å². The van der Waals surface area contributed by atoms with Crippen LogP contribution >= 0.6 is 0 Å². The predicted octanol–water partition coefficient (Wildman–Crippen LogP) is 3.44. The quantitative estimate of drug-likeness (QED) is 0.839. The lowest BCUT2D eigenvalue weighted by Crippen LogP contribution is -2.33. The van der Waals surface area contributed by atoms with E-state index in [1.54, 1.807) is 0 Å². The van der Waals surface area contributed by atoms with Gasteiger partial charge in [0.25, 0.3) is 0 Å². The fourth-order valence-electron chi connectivity index (χ4n) is 5.76. The Hall–Kier alpha value is -0.120. The van der Waals surface area contributed by atoms with Gasteiger partial charge >= 0.3 is 0 Å². The summed E-state index contributed by atoms with van der Waals surface area (Å²) in [4.78, 5) is 5.24. The van der Waals surface area contributed by atoms with Crippen molar-refractivity contribution in [3.8, 4) is 0 Å². The molecule has 2 aliphatic carbocycles. The fraction of sp³-hybridized carbons (Fsp3) is 1.00. The number of likely N-dealkylation sites (tertiary alicyclic amines) is 2. The molecule has 3 heteroatoms. The van der Waals surface area contributed by atoms with Crippen molar-refractivity contribution < 1.29 is 0 Å². The van der Waals surface area contributed by atoms with Crippen molar-refractivity contribution in [3.63, 3.8) is 0 Å². The van der Waals surface area contributed by atoms with Crippen LogP contribution in [0.15, 0.2) is 0 Å². The Kier molecular flexibility index (Phi) is 5.94. The SMILES string of the molecule is CC(C)N1CC2CC[C@@H](C)C2C1.CC(C)N1CC2CC[C@H](N)C2C1. The van der Waals surface area contributed by atoms with Gasteiger partial charge in [-0.3, -0.25) is 0 Å². The van der Waals surface area contributed by atoms with Crippen LogP contribution in [0.1, 0.15) is 60.3 Å². The van der Waals surface area contributed by atoms with Gasteiger partial charge in [-0.25, -0.2) is 0 Å². The molecule has 2 N–H and O–H groups in total. The van der Waals surface area contributed by atoms with Crippen LogP contribution in [0.3, 0.4) is 0 Å². The maximum absolute atomic E-state index is 6.06. The maximum atomic E-state index is 6.06. The summed E-state index contributed by atoms with van der Waals surface area (Å²) in [6.45, 7) is 17.0. The molecule has 0 aromatic rings. The maximum Gasteiger partial charge on any atom is 0.00826 e. The first-order valence-corrected chi connectivity index (χ1v) is 10.6. The van der Waals surface area contributed by atoms with Crippen LogP contribution in [0.25, 0.3) is 0 Å². The zero-order valence-electron chi connectivity index (χ0n) is 16.7. The molecule has 2 heterocycles. The van der Waals surface area contributed by atoms with E-state index in [0.717, 1.165) is 35.6 Å². The summed E-state index contributed by atoms with van der Waals surface area (Å²) in [7, 11) is 0. The fourth-order valence-corrected chi connectivity index (χ4v) is 5.76. The zero-order valence-corrected chi connectivity index (χ0v) is 16.7. The molecule has 4 unspecified atom stereocenters. The molecule has 0 bridgehead atoms. The van der Waals surface area contributed by atoms with E-state index in [-0.39, 0.29) is 0 Å². The average molecular weight is 336 g/mol. The molecule has 2 saturated carbocycles. The zero-order chi connectivity index (χ0) is 17.4. The lowest BCUT2D eigenvalue weighted by Gasteiger charge is -2.22.